The molecule has 0 radical (unpaired) electrons. The predicted molar refractivity (Wildman–Crippen MR) is 82.7 cm³/mol. The molecule has 0 aromatic rings. The maximum atomic E-state index is 12.3. The zero-order valence-electron chi connectivity index (χ0n) is 13.4. The minimum absolute atomic E-state index is 0.0260. The van der Waals surface area contributed by atoms with E-state index in [1.165, 1.54) is 12.2 Å². The molecule has 0 spiro atoms. The summed E-state index contributed by atoms with van der Waals surface area (Å²) in [6.07, 6.45) is 0.717. The maximum absolute atomic E-state index is 12.3. The molecule has 0 N–H and O–H groups in total. The van der Waals surface area contributed by atoms with E-state index < -0.39 is 32.3 Å². The van der Waals surface area contributed by atoms with E-state index in [1.54, 1.807) is 13.8 Å². The third-order valence-corrected chi connectivity index (χ3v) is 3.81. The average molecular weight is 350 g/mol. The second-order valence-corrected chi connectivity index (χ2v) is 5.59. The lowest BCUT2D eigenvalue weighted by molar-refractivity contribution is -0.158. The molecule has 23 heavy (non-hydrogen) atoms. The Morgan fingerprint density at radius 3 is 2.04 bits per heavy atom. The van der Waals surface area contributed by atoms with Crippen LogP contribution < -0.4 is 0 Å². The summed E-state index contributed by atoms with van der Waals surface area (Å²) in [5.74, 6) is -1.65. The van der Waals surface area contributed by atoms with Crippen LogP contribution in [-0.4, -0.2) is 44.5 Å². The molecule has 0 aliphatic heterocycles. The topological polar surface area (TPSA) is 97.4 Å². The van der Waals surface area contributed by atoms with Crippen molar-refractivity contribution in [3.05, 3.63) is 25.3 Å². The van der Waals surface area contributed by atoms with Crippen LogP contribution in [0.2, 0.25) is 0 Å². The van der Waals surface area contributed by atoms with Gasteiger partial charge in [-0.25, -0.2) is 9.36 Å². The first-order valence-electron chi connectivity index (χ1n) is 7.03. The van der Waals surface area contributed by atoms with Gasteiger partial charge in [-0.3, -0.25) is 18.4 Å². The van der Waals surface area contributed by atoms with Gasteiger partial charge in [0.25, 0.3) is 0 Å². The maximum Gasteiger partial charge on any atom is 0.475 e. The first-order chi connectivity index (χ1) is 10.9. The molecule has 0 aromatic carbocycles. The van der Waals surface area contributed by atoms with Crippen molar-refractivity contribution in [1.29, 1.82) is 0 Å². The number of hydrogen-bond acceptors (Lipinski definition) is 8. The van der Waals surface area contributed by atoms with Gasteiger partial charge in [-0.15, -0.1) is 0 Å². The second kappa shape index (κ2) is 12.0. The van der Waals surface area contributed by atoms with Gasteiger partial charge < -0.3 is 9.47 Å². The average Bonchev–Trinajstić information content (AvgIpc) is 2.50. The minimum Gasteiger partial charge on any atom is -0.461 e. The molecule has 0 aliphatic rings. The summed E-state index contributed by atoms with van der Waals surface area (Å²) in [6.45, 7) is 9.92. The van der Waals surface area contributed by atoms with E-state index in [0.29, 0.717) is 0 Å². The molecule has 132 valence electrons. The number of phosphoric ester groups is 1. The first-order valence-corrected chi connectivity index (χ1v) is 8.50. The molecule has 0 saturated heterocycles. The van der Waals surface area contributed by atoms with Crippen LogP contribution in [0.3, 0.4) is 0 Å². The van der Waals surface area contributed by atoms with Gasteiger partial charge in [0.15, 0.2) is 6.10 Å². The second-order valence-electron chi connectivity index (χ2n) is 3.97. The number of phosphoric acid groups is 1. The fourth-order valence-corrected chi connectivity index (χ4v) is 2.63. The van der Waals surface area contributed by atoms with Gasteiger partial charge in [0, 0.05) is 0 Å². The lowest BCUT2D eigenvalue weighted by Crippen LogP contribution is -2.30. The Morgan fingerprint density at radius 1 is 1.04 bits per heavy atom. The summed E-state index contributed by atoms with van der Waals surface area (Å²) in [5, 5.41) is 0. The van der Waals surface area contributed by atoms with Crippen LogP contribution in [0.1, 0.15) is 20.3 Å². The number of carbonyl (C=O) groups excluding carboxylic acids is 2. The summed E-state index contributed by atoms with van der Waals surface area (Å²) >= 11 is 0. The Kier molecular flexibility index (Phi) is 11.2. The van der Waals surface area contributed by atoms with Crippen LogP contribution in [0.4, 0.5) is 0 Å². The number of esters is 2. The molecule has 0 amide bonds. The summed E-state index contributed by atoms with van der Waals surface area (Å²) in [7, 11) is -4.00. The summed E-state index contributed by atoms with van der Waals surface area (Å²) in [4.78, 5) is 23.6. The Morgan fingerprint density at radius 2 is 1.57 bits per heavy atom. The van der Waals surface area contributed by atoms with Crippen LogP contribution in [0.15, 0.2) is 25.3 Å². The molecule has 1 atom stereocenters. The fraction of sp³-hybridized carbons (Fsp3) is 0.571. The molecule has 0 rings (SSSR count). The van der Waals surface area contributed by atoms with Gasteiger partial charge in [0.1, 0.15) is 13.2 Å². The predicted octanol–water partition coefficient (Wildman–Crippen LogP) is 2.40. The van der Waals surface area contributed by atoms with Crippen molar-refractivity contribution < 1.29 is 37.2 Å². The molecule has 0 fully saturated rings. The van der Waals surface area contributed by atoms with E-state index in [1.807, 2.05) is 0 Å². The summed E-state index contributed by atoms with van der Waals surface area (Å²) in [6, 6.07) is 0. The highest BCUT2D eigenvalue weighted by atomic mass is 31.2. The Balaban J connectivity index is 5.03. The van der Waals surface area contributed by atoms with Gasteiger partial charge in [0.05, 0.1) is 19.6 Å². The van der Waals surface area contributed by atoms with Crippen molar-refractivity contribution in [3.63, 3.8) is 0 Å². The third kappa shape index (κ3) is 9.30. The molecular formula is C14H23O8P. The minimum atomic E-state index is -4.00. The SMILES string of the molecule is C=CCOC(=O)CC(OP(=O)(OCC)OCC)C(=O)OCC=C. The van der Waals surface area contributed by atoms with Crippen molar-refractivity contribution in [3.8, 4) is 0 Å². The van der Waals surface area contributed by atoms with E-state index in [0.717, 1.165) is 0 Å². The molecule has 0 heterocycles. The number of hydrogen-bond donors (Lipinski definition) is 0. The van der Waals surface area contributed by atoms with Gasteiger partial charge in [-0.1, -0.05) is 25.3 Å². The van der Waals surface area contributed by atoms with Gasteiger partial charge in [-0.05, 0) is 13.8 Å². The van der Waals surface area contributed by atoms with Crippen LogP contribution >= 0.6 is 7.82 Å². The number of ether oxygens (including phenoxy) is 2. The van der Waals surface area contributed by atoms with E-state index in [9.17, 15) is 14.2 Å². The van der Waals surface area contributed by atoms with Gasteiger partial charge in [0.2, 0.25) is 0 Å². The highest BCUT2D eigenvalue weighted by Crippen LogP contribution is 2.50. The van der Waals surface area contributed by atoms with Crippen molar-refractivity contribution in [1.82, 2.24) is 0 Å². The molecule has 0 aromatic heterocycles. The monoisotopic (exact) mass is 350 g/mol. The first kappa shape index (κ1) is 21.5. The normalized spacial score (nSPS) is 12.3. The molecule has 0 bridgehead atoms. The van der Waals surface area contributed by atoms with Crippen molar-refractivity contribution >= 4 is 19.8 Å². The fourth-order valence-electron chi connectivity index (χ4n) is 1.33. The van der Waals surface area contributed by atoms with Crippen molar-refractivity contribution in [2.75, 3.05) is 26.4 Å². The van der Waals surface area contributed by atoms with Crippen LogP contribution in [0.5, 0.6) is 0 Å². The Hall–Kier alpha value is -1.47. The lowest BCUT2D eigenvalue weighted by atomic mass is 10.2. The molecule has 0 aliphatic carbocycles. The summed E-state index contributed by atoms with van der Waals surface area (Å²) < 4.78 is 36.9. The smallest absolute Gasteiger partial charge is 0.461 e. The molecule has 9 heteroatoms. The van der Waals surface area contributed by atoms with Crippen LogP contribution in [0, 0.1) is 0 Å². The van der Waals surface area contributed by atoms with E-state index >= 15 is 0 Å². The molecule has 8 nitrogen and oxygen atoms in total. The quantitative estimate of drug-likeness (QED) is 0.284. The number of carbonyl (C=O) groups is 2. The molecule has 1 unspecified atom stereocenters. The number of rotatable bonds is 13. The van der Waals surface area contributed by atoms with Crippen LogP contribution in [0.25, 0.3) is 0 Å². The van der Waals surface area contributed by atoms with Gasteiger partial charge >= 0.3 is 19.8 Å². The van der Waals surface area contributed by atoms with Crippen LogP contribution in [-0.2, 0) is 37.2 Å². The standard InChI is InChI=1S/C14H23O8P/c1-5-9-18-13(15)11-12(14(16)19-10-6-2)22-23(17,20-7-3)21-8-4/h5-6,12H,1-2,7-11H2,3-4H3. The molecular weight excluding hydrogens is 327 g/mol. The van der Waals surface area contributed by atoms with Crippen molar-refractivity contribution in [2.24, 2.45) is 0 Å². The highest BCUT2D eigenvalue weighted by Gasteiger charge is 2.36. The third-order valence-electron chi connectivity index (χ3n) is 2.15. The Labute approximate surface area is 136 Å². The highest BCUT2D eigenvalue weighted by molar-refractivity contribution is 7.48. The zero-order chi connectivity index (χ0) is 17.7. The largest absolute Gasteiger partial charge is 0.475 e. The molecule has 0 saturated carbocycles. The van der Waals surface area contributed by atoms with Crippen molar-refractivity contribution in [2.45, 2.75) is 26.4 Å². The lowest BCUT2D eigenvalue weighted by Gasteiger charge is -2.21. The summed E-state index contributed by atoms with van der Waals surface area (Å²) in [5.41, 5.74) is 0. The van der Waals surface area contributed by atoms with E-state index in [2.05, 4.69) is 13.2 Å². The van der Waals surface area contributed by atoms with Gasteiger partial charge in [-0.2, -0.15) is 0 Å². The zero-order valence-corrected chi connectivity index (χ0v) is 14.3. The van der Waals surface area contributed by atoms with E-state index in [4.69, 9.17) is 23.0 Å². The van der Waals surface area contributed by atoms with E-state index in [-0.39, 0.29) is 26.4 Å². The Bertz CT molecular complexity index is 438.